The molecule has 2 aromatic rings. The average molecular weight is 402 g/mol. The van der Waals surface area contributed by atoms with Crippen molar-refractivity contribution in [1.29, 1.82) is 0 Å². The number of β-amino-alcohol motifs (C(OH)–C–C–N with tert-alkyl or cyclic N) is 1. The first-order valence-electron chi connectivity index (χ1n) is 10.2. The predicted molar refractivity (Wildman–Crippen MR) is 112 cm³/mol. The maximum atomic E-state index is 9.15. The van der Waals surface area contributed by atoms with Gasteiger partial charge in [0.1, 0.15) is 11.4 Å². The second-order valence-corrected chi connectivity index (χ2v) is 7.38. The largest absolute Gasteiger partial charge is 0.467 e. The first-order valence-corrected chi connectivity index (χ1v) is 10.2. The number of benzene rings is 1. The summed E-state index contributed by atoms with van der Waals surface area (Å²) in [5, 5.41) is 21.2. The molecule has 1 aromatic carbocycles. The van der Waals surface area contributed by atoms with Crippen LogP contribution in [0.5, 0.6) is 5.75 Å². The van der Waals surface area contributed by atoms with Crippen LogP contribution in [0.3, 0.4) is 0 Å². The highest BCUT2D eigenvalue weighted by atomic mass is 16.7. The summed E-state index contributed by atoms with van der Waals surface area (Å²) in [6.45, 7) is 9.57. The number of aliphatic hydroxyl groups is 1. The molecule has 8 heteroatoms. The molecule has 1 unspecified atom stereocenters. The first-order chi connectivity index (χ1) is 14.1. The van der Waals surface area contributed by atoms with Gasteiger partial charge in [-0.3, -0.25) is 4.90 Å². The molecule has 2 N–H and O–H groups in total. The van der Waals surface area contributed by atoms with Crippen LogP contribution < -0.4 is 10.1 Å². The number of anilines is 1. The van der Waals surface area contributed by atoms with Crippen molar-refractivity contribution in [3.05, 3.63) is 29.5 Å². The van der Waals surface area contributed by atoms with Crippen molar-refractivity contribution >= 4 is 5.95 Å². The molecule has 29 heavy (non-hydrogen) atoms. The maximum absolute atomic E-state index is 9.15. The predicted octanol–water partition coefficient (Wildman–Crippen LogP) is 2.40. The van der Waals surface area contributed by atoms with Crippen molar-refractivity contribution in [3.63, 3.8) is 0 Å². The molecule has 1 aromatic heterocycles. The normalized spacial score (nSPS) is 17.3. The lowest BCUT2D eigenvalue weighted by Gasteiger charge is -2.32. The van der Waals surface area contributed by atoms with Crippen LogP contribution in [-0.4, -0.2) is 70.9 Å². The number of hydrogen-bond donors (Lipinski definition) is 2. The van der Waals surface area contributed by atoms with Crippen LogP contribution in [0, 0.1) is 13.8 Å². The van der Waals surface area contributed by atoms with Gasteiger partial charge in [0.05, 0.1) is 12.8 Å². The first kappa shape index (κ1) is 21.4. The Balaban J connectivity index is 1.73. The number of piperidine rings is 1. The van der Waals surface area contributed by atoms with E-state index in [0.29, 0.717) is 24.8 Å². The van der Waals surface area contributed by atoms with E-state index in [9.17, 15) is 0 Å². The van der Waals surface area contributed by atoms with Crippen molar-refractivity contribution in [2.75, 3.05) is 45.0 Å². The zero-order valence-electron chi connectivity index (χ0n) is 17.5. The summed E-state index contributed by atoms with van der Waals surface area (Å²) in [5.41, 5.74) is 3.72. The van der Waals surface area contributed by atoms with E-state index in [0.717, 1.165) is 48.4 Å². The van der Waals surface area contributed by atoms with Crippen LogP contribution in [0.25, 0.3) is 11.3 Å². The van der Waals surface area contributed by atoms with Crippen molar-refractivity contribution in [1.82, 2.24) is 20.1 Å². The summed E-state index contributed by atoms with van der Waals surface area (Å²) in [5.74, 6) is 1.24. The van der Waals surface area contributed by atoms with Crippen LogP contribution in [0.1, 0.15) is 30.9 Å². The molecule has 1 aliphatic heterocycles. The molecule has 1 saturated heterocycles. The van der Waals surface area contributed by atoms with E-state index in [1.165, 1.54) is 0 Å². The van der Waals surface area contributed by atoms with Crippen molar-refractivity contribution in [2.45, 2.75) is 39.7 Å². The fourth-order valence-electron chi connectivity index (χ4n) is 3.72. The van der Waals surface area contributed by atoms with Gasteiger partial charge in [-0.05, 0) is 57.4 Å². The quantitative estimate of drug-likeness (QED) is 0.489. The zero-order chi connectivity index (χ0) is 20.6. The lowest BCUT2D eigenvalue weighted by molar-refractivity contribution is 0.0227. The smallest absolute Gasteiger partial charge is 0.242 e. The molecule has 158 valence electrons. The Hall–Kier alpha value is -2.29. The third-order valence-electron chi connectivity index (χ3n) is 5.02. The number of nitrogens with one attached hydrogen (secondary N) is 1. The highest BCUT2D eigenvalue weighted by molar-refractivity contribution is 5.71. The Morgan fingerprint density at radius 3 is 2.86 bits per heavy atom. The monoisotopic (exact) mass is 401 g/mol. The van der Waals surface area contributed by atoms with Gasteiger partial charge in [0.2, 0.25) is 5.95 Å². The molecule has 3 rings (SSSR count). The van der Waals surface area contributed by atoms with Gasteiger partial charge in [0, 0.05) is 31.3 Å². The fraction of sp³-hybridized carbons (Fsp3) is 0.571. The van der Waals surface area contributed by atoms with E-state index in [1.54, 1.807) is 6.20 Å². The van der Waals surface area contributed by atoms with E-state index >= 15 is 0 Å². The van der Waals surface area contributed by atoms with Crippen molar-refractivity contribution in [2.24, 2.45) is 0 Å². The molecule has 0 bridgehead atoms. The van der Waals surface area contributed by atoms with Gasteiger partial charge >= 0.3 is 0 Å². The van der Waals surface area contributed by atoms with E-state index in [1.807, 2.05) is 26.8 Å². The Morgan fingerprint density at radius 1 is 1.28 bits per heavy atom. The summed E-state index contributed by atoms with van der Waals surface area (Å²) < 4.78 is 11.2. The van der Waals surface area contributed by atoms with E-state index in [-0.39, 0.29) is 19.4 Å². The number of hydrogen-bond acceptors (Lipinski definition) is 8. The molecule has 0 spiro atoms. The standard InChI is InChI=1S/C21H31N5O3/c1-4-28-14-29-19-11-15(2)10-16(3)20(19)18-12-22-21(25-24-18)23-17-6-5-7-26(13-17)8-9-27/h10-12,17,27H,4-9,13-14H2,1-3H3,(H,22,23,25). The number of nitrogens with zero attached hydrogens (tertiary/aromatic N) is 4. The molecule has 1 aliphatic rings. The van der Waals surface area contributed by atoms with Gasteiger partial charge in [-0.2, -0.15) is 0 Å². The van der Waals surface area contributed by atoms with Crippen molar-refractivity contribution in [3.8, 4) is 17.0 Å². The van der Waals surface area contributed by atoms with Gasteiger partial charge in [-0.15, -0.1) is 10.2 Å². The summed E-state index contributed by atoms with van der Waals surface area (Å²) >= 11 is 0. The highest BCUT2D eigenvalue weighted by Gasteiger charge is 2.20. The minimum atomic E-state index is 0.184. The third-order valence-corrected chi connectivity index (χ3v) is 5.02. The maximum Gasteiger partial charge on any atom is 0.242 e. The summed E-state index contributed by atoms with van der Waals surface area (Å²) in [4.78, 5) is 6.73. The second-order valence-electron chi connectivity index (χ2n) is 7.38. The molecular formula is C21H31N5O3. The lowest BCUT2D eigenvalue weighted by Crippen LogP contribution is -2.43. The molecule has 1 fully saturated rings. The van der Waals surface area contributed by atoms with E-state index in [2.05, 4.69) is 31.5 Å². The van der Waals surface area contributed by atoms with E-state index < -0.39 is 0 Å². The topological polar surface area (TPSA) is 92.6 Å². The van der Waals surface area contributed by atoms with Crippen LogP contribution in [0.4, 0.5) is 5.95 Å². The Kier molecular flexibility index (Phi) is 7.74. The zero-order valence-corrected chi connectivity index (χ0v) is 17.5. The molecule has 0 aliphatic carbocycles. The van der Waals surface area contributed by atoms with Crippen molar-refractivity contribution < 1.29 is 14.6 Å². The minimum Gasteiger partial charge on any atom is -0.467 e. The molecule has 0 amide bonds. The van der Waals surface area contributed by atoms with Gasteiger partial charge < -0.3 is 19.9 Å². The molecule has 8 nitrogen and oxygen atoms in total. The van der Waals surface area contributed by atoms with Crippen LogP contribution in [0.15, 0.2) is 18.3 Å². The number of rotatable bonds is 9. The second kappa shape index (κ2) is 10.5. The molecule has 2 heterocycles. The van der Waals surface area contributed by atoms with Gasteiger partial charge in [0.25, 0.3) is 0 Å². The van der Waals surface area contributed by atoms with Gasteiger partial charge in [-0.25, -0.2) is 4.98 Å². The average Bonchev–Trinajstić information content (AvgIpc) is 2.69. The SMILES string of the molecule is CCOCOc1cc(C)cc(C)c1-c1cnc(NC2CCCN(CCO)C2)nn1. The third kappa shape index (κ3) is 5.85. The molecule has 1 atom stereocenters. The Morgan fingerprint density at radius 2 is 2.14 bits per heavy atom. The lowest BCUT2D eigenvalue weighted by atomic mass is 10.0. The number of aliphatic hydroxyl groups excluding tert-OH is 1. The van der Waals surface area contributed by atoms with Crippen LogP contribution in [0.2, 0.25) is 0 Å². The number of aryl methyl sites for hydroxylation is 2. The van der Waals surface area contributed by atoms with Crippen LogP contribution in [-0.2, 0) is 4.74 Å². The van der Waals surface area contributed by atoms with Gasteiger partial charge in [0.15, 0.2) is 6.79 Å². The fourth-order valence-corrected chi connectivity index (χ4v) is 3.72. The Labute approximate surface area is 172 Å². The number of aromatic nitrogens is 3. The minimum absolute atomic E-state index is 0.184. The summed E-state index contributed by atoms with van der Waals surface area (Å²) in [7, 11) is 0. The van der Waals surface area contributed by atoms with E-state index in [4.69, 9.17) is 14.6 Å². The number of likely N-dealkylation sites (tertiary alicyclic amines) is 1. The van der Waals surface area contributed by atoms with Gasteiger partial charge in [-0.1, -0.05) is 6.07 Å². The number of ether oxygens (including phenoxy) is 2. The summed E-state index contributed by atoms with van der Waals surface area (Å²) in [6, 6.07) is 4.33. The van der Waals surface area contributed by atoms with Crippen LogP contribution >= 0.6 is 0 Å². The molecule has 0 radical (unpaired) electrons. The highest BCUT2D eigenvalue weighted by Crippen LogP contribution is 2.33. The summed E-state index contributed by atoms with van der Waals surface area (Å²) in [6.07, 6.45) is 3.88. The molecule has 0 saturated carbocycles. The molecular weight excluding hydrogens is 370 g/mol. The Bertz CT molecular complexity index is 783.